The second-order valence-electron chi connectivity index (χ2n) is 9.54. The summed E-state index contributed by atoms with van der Waals surface area (Å²) in [5.74, 6) is 0.947. The molecule has 0 spiro atoms. The van der Waals surface area contributed by atoms with Gasteiger partial charge >= 0.3 is 12.5 Å². The van der Waals surface area contributed by atoms with Crippen LogP contribution in [0.25, 0.3) is 17.1 Å². The highest BCUT2D eigenvalue weighted by Gasteiger charge is 2.32. The van der Waals surface area contributed by atoms with E-state index in [1.54, 1.807) is 36.5 Å². The first-order chi connectivity index (χ1) is 20.4. The molecule has 2 heterocycles. The number of aromatic nitrogens is 3. The SMILES string of the molecule is CC1CCS/C(=N\N=C\c2ccc(-c3ncn(-c4ccc(OC(F)(F)F)cc4)n3)cc2)N1c1ccccc1OC(C)(F)F. The van der Waals surface area contributed by atoms with Crippen LogP contribution in [0.1, 0.15) is 25.8 Å². The van der Waals surface area contributed by atoms with Gasteiger partial charge in [0, 0.05) is 24.3 Å². The van der Waals surface area contributed by atoms with Gasteiger partial charge in [-0.1, -0.05) is 48.2 Å². The molecule has 3 aromatic carbocycles. The molecule has 1 aliphatic heterocycles. The van der Waals surface area contributed by atoms with Gasteiger partial charge in [0.2, 0.25) is 0 Å². The number of rotatable bonds is 8. The molecule has 0 radical (unpaired) electrons. The van der Waals surface area contributed by atoms with Crippen LogP contribution in [0.5, 0.6) is 11.5 Å². The van der Waals surface area contributed by atoms with Crippen molar-refractivity contribution < 1.29 is 31.4 Å². The van der Waals surface area contributed by atoms with E-state index in [2.05, 4.69) is 25.0 Å². The highest BCUT2D eigenvalue weighted by molar-refractivity contribution is 8.14. The number of nitrogens with zero attached hydrogens (tertiary/aromatic N) is 6. The lowest BCUT2D eigenvalue weighted by Gasteiger charge is -2.36. The molecule has 5 rings (SSSR count). The van der Waals surface area contributed by atoms with Gasteiger partial charge in [-0.3, -0.25) is 0 Å². The molecule has 1 aliphatic rings. The zero-order valence-corrected chi connectivity index (χ0v) is 23.7. The number of anilines is 1. The molecule has 0 amide bonds. The predicted molar refractivity (Wildman–Crippen MR) is 155 cm³/mol. The van der Waals surface area contributed by atoms with Crippen LogP contribution in [0.3, 0.4) is 0 Å². The fraction of sp³-hybridized carbons (Fsp3) is 0.241. The second-order valence-corrected chi connectivity index (χ2v) is 10.6. The van der Waals surface area contributed by atoms with E-state index < -0.39 is 12.5 Å². The monoisotopic (exact) mass is 616 g/mol. The summed E-state index contributed by atoms with van der Waals surface area (Å²) in [6.45, 7) is 2.69. The lowest BCUT2D eigenvalue weighted by atomic mass is 10.1. The van der Waals surface area contributed by atoms with E-state index in [1.165, 1.54) is 53.1 Å². The number of halogens is 5. The summed E-state index contributed by atoms with van der Waals surface area (Å²) < 4.78 is 74.8. The molecular weight excluding hydrogens is 591 g/mol. The highest BCUT2D eigenvalue weighted by atomic mass is 32.2. The topological polar surface area (TPSA) is 77.1 Å². The van der Waals surface area contributed by atoms with Crippen LogP contribution in [0, 0.1) is 0 Å². The molecule has 14 heteroatoms. The highest BCUT2D eigenvalue weighted by Crippen LogP contribution is 2.37. The Morgan fingerprint density at radius 2 is 1.67 bits per heavy atom. The van der Waals surface area contributed by atoms with Crippen LogP contribution in [-0.2, 0) is 0 Å². The van der Waals surface area contributed by atoms with E-state index in [0.717, 1.165) is 17.7 Å². The fourth-order valence-corrected chi connectivity index (χ4v) is 5.41. The van der Waals surface area contributed by atoms with Gasteiger partial charge in [0.05, 0.1) is 17.6 Å². The molecule has 1 unspecified atom stereocenters. The van der Waals surface area contributed by atoms with Crippen molar-refractivity contribution in [3.8, 4) is 28.6 Å². The van der Waals surface area contributed by atoms with Crippen LogP contribution in [0.15, 0.2) is 89.3 Å². The van der Waals surface area contributed by atoms with Gasteiger partial charge in [0.1, 0.15) is 17.8 Å². The molecular formula is C29H25F5N6O2S. The van der Waals surface area contributed by atoms with Gasteiger partial charge in [-0.05, 0) is 55.3 Å². The van der Waals surface area contributed by atoms with Gasteiger partial charge < -0.3 is 14.4 Å². The average molecular weight is 617 g/mol. The van der Waals surface area contributed by atoms with Crippen LogP contribution in [-0.4, -0.2) is 50.4 Å². The van der Waals surface area contributed by atoms with Crippen LogP contribution < -0.4 is 14.4 Å². The first kappa shape index (κ1) is 30.0. The molecule has 0 N–H and O–H groups in total. The first-order valence-electron chi connectivity index (χ1n) is 13.0. The van der Waals surface area contributed by atoms with E-state index in [0.29, 0.717) is 34.9 Å². The van der Waals surface area contributed by atoms with Crippen molar-refractivity contribution in [2.45, 2.75) is 38.8 Å². The summed E-state index contributed by atoms with van der Waals surface area (Å²) in [6.07, 6.45) is -4.24. The molecule has 224 valence electrons. The minimum absolute atomic E-state index is 0.0109. The second kappa shape index (κ2) is 12.4. The Bertz CT molecular complexity index is 1600. The van der Waals surface area contributed by atoms with Crippen LogP contribution in [0.2, 0.25) is 0 Å². The molecule has 43 heavy (non-hydrogen) atoms. The molecule has 4 aromatic rings. The standard InChI is InChI=1S/C29H25F5N6O2S/c1-19-15-16-43-27(40(19)24-5-3-4-6-25(24)42-28(2,30)31)37-36-17-20-7-9-21(10-8-20)26-35-18-39(38-26)22-11-13-23(14-12-22)41-29(32,33)34/h3-14,17-19H,15-16H2,1-2H3/b36-17+,37-27-. The Morgan fingerprint density at radius 1 is 0.953 bits per heavy atom. The summed E-state index contributed by atoms with van der Waals surface area (Å²) in [7, 11) is 0. The maximum absolute atomic E-state index is 13.7. The zero-order valence-electron chi connectivity index (χ0n) is 22.9. The normalized spacial score (nSPS) is 17.0. The molecule has 0 bridgehead atoms. The number of amidine groups is 1. The number of alkyl halides is 5. The summed E-state index contributed by atoms with van der Waals surface area (Å²) in [4.78, 5) is 6.15. The maximum atomic E-state index is 13.7. The maximum Gasteiger partial charge on any atom is 0.573 e. The lowest BCUT2D eigenvalue weighted by Crippen LogP contribution is -2.41. The van der Waals surface area contributed by atoms with Crippen molar-refractivity contribution in [1.82, 2.24) is 14.8 Å². The van der Waals surface area contributed by atoms with E-state index in [4.69, 9.17) is 4.74 Å². The Morgan fingerprint density at radius 3 is 2.37 bits per heavy atom. The Hall–Kier alpha value is -4.46. The van der Waals surface area contributed by atoms with Crippen molar-refractivity contribution in [3.05, 3.63) is 84.7 Å². The van der Waals surface area contributed by atoms with Gasteiger partial charge in [0.15, 0.2) is 11.0 Å². The first-order valence-corrected chi connectivity index (χ1v) is 14.0. The number of benzene rings is 3. The van der Waals surface area contributed by atoms with Crippen molar-refractivity contribution in [2.75, 3.05) is 10.7 Å². The van der Waals surface area contributed by atoms with Gasteiger partial charge in [-0.25, -0.2) is 9.67 Å². The number of hydrogen-bond acceptors (Lipinski definition) is 7. The van der Waals surface area contributed by atoms with E-state index >= 15 is 0 Å². The Kier molecular flexibility index (Phi) is 8.67. The van der Waals surface area contributed by atoms with Crippen LogP contribution in [0.4, 0.5) is 27.6 Å². The summed E-state index contributed by atoms with van der Waals surface area (Å²) >= 11 is 1.48. The van der Waals surface area contributed by atoms with Crippen molar-refractivity contribution >= 4 is 28.8 Å². The quantitative estimate of drug-likeness (QED) is 0.116. The van der Waals surface area contributed by atoms with Gasteiger partial charge in [-0.2, -0.15) is 13.9 Å². The molecule has 8 nitrogen and oxygen atoms in total. The third-order valence-electron chi connectivity index (χ3n) is 6.17. The van der Waals surface area contributed by atoms with Gasteiger partial charge in [-0.15, -0.1) is 23.4 Å². The minimum atomic E-state index is -4.77. The summed E-state index contributed by atoms with van der Waals surface area (Å²) in [5, 5.41) is 13.6. The number of thioether (sulfide) groups is 1. The molecule has 1 saturated heterocycles. The Labute approximate surface area is 247 Å². The molecule has 0 aliphatic carbocycles. The van der Waals surface area contributed by atoms with Crippen molar-refractivity contribution in [3.63, 3.8) is 0 Å². The molecule has 1 fully saturated rings. The number of hydrogen-bond donors (Lipinski definition) is 0. The predicted octanol–water partition coefficient (Wildman–Crippen LogP) is 7.55. The van der Waals surface area contributed by atoms with E-state index in [1.807, 2.05) is 24.0 Å². The van der Waals surface area contributed by atoms with Crippen molar-refractivity contribution in [1.29, 1.82) is 0 Å². The zero-order chi connectivity index (χ0) is 30.6. The largest absolute Gasteiger partial charge is 0.573 e. The fourth-order valence-electron chi connectivity index (χ4n) is 4.24. The number of ether oxygens (including phenoxy) is 2. The number of para-hydroxylation sites is 2. The summed E-state index contributed by atoms with van der Waals surface area (Å²) in [6, 6.07) is 19.1. The minimum Gasteiger partial charge on any atom is -0.431 e. The molecule has 1 aromatic heterocycles. The van der Waals surface area contributed by atoms with E-state index in [9.17, 15) is 22.0 Å². The average Bonchev–Trinajstić information content (AvgIpc) is 3.43. The van der Waals surface area contributed by atoms with Crippen LogP contribution >= 0.6 is 11.8 Å². The Balaban J connectivity index is 1.29. The summed E-state index contributed by atoms with van der Waals surface area (Å²) in [5.41, 5.74) is 2.46. The third-order valence-corrected chi connectivity index (χ3v) is 7.15. The van der Waals surface area contributed by atoms with E-state index in [-0.39, 0.29) is 17.5 Å². The lowest BCUT2D eigenvalue weighted by molar-refractivity contribution is -0.274. The smallest absolute Gasteiger partial charge is 0.431 e. The van der Waals surface area contributed by atoms with Crippen molar-refractivity contribution in [2.24, 2.45) is 10.2 Å². The molecule has 0 saturated carbocycles. The third kappa shape index (κ3) is 7.89. The van der Waals surface area contributed by atoms with Gasteiger partial charge in [0.25, 0.3) is 0 Å². The molecule has 1 atom stereocenters.